The minimum Gasteiger partial charge on any atom is -0.495 e. The molecule has 0 spiro atoms. The highest BCUT2D eigenvalue weighted by Crippen LogP contribution is 2.41. The maximum Gasteiger partial charge on any atom is 0.143 e. The van der Waals surface area contributed by atoms with Gasteiger partial charge in [-0.05, 0) is 18.6 Å². The number of thioether (sulfide) groups is 2. The van der Waals surface area contributed by atoms with Gasteiger partial charge in [0.1, 0.15) is 17.5 Å². The third kappa shape index (κ3) is 2.95. The van der Waals surface area contributed by atoms with Crippen LogP contribution in [0.4, 0.5) is 0 Å². The Kier molecular flexibility index (Phi) is 5.21. The molecule has 1 aliphatic rings. The van der Waals surface area contributed by atoms with Crippen LogP contribution >= 0.6 is 23.5 Å². The third-order valence-corrected chi connectivity index (χ3v) is 6.44. The molecule has 0 aliphatic carbocycles. The van der Waals surface area contributed by atoms with Crippen molar-refractivity contribution in [3.63, 3.8) is 0 Å². The van der Waals surface area contributed by atoms with Crippen molar-refractivity contribution in [2.45, 2.75) is 29.9 Å². The number of nitrogens with zero attached hydrogens (tertiary/aromatic N) is 1. The number of aromatic nitrogens is 1. The van der Waals surface area contributed by atoms with E-state index < -0.39 is 6.10 Å². The fourth-order valence-corrected chi connectivity index (χ4v) is 5.29. The van der Waals surface area contributed by atoms with E-state index in [2.05, 4.69) is 11.9 Å². The van der Waals surface area contributed by atoms with Crippen molar-refractivity contribution in [3.05, 3.63) is 24.0 Å². The van der Waals surface area contributed by atoms with Crippen molar-refractivity contribution in [3.8, 4) is 5.75 Å². The molecule has 3 unspecified atom stereocenters. The van der Waals surface area contributed by atoms with E-state index >= 15 is 0 Å². The standard InChI is InChI=1S/C13H19NO2S2/c1-3-10-13(18-8-7-17-10)12(15)11-9(16-2)5-4-6-14-11/h4-6,10,12-13,15H,3,7-8H2,1-2H3. The molecule has 1 aromatic heterocycles. The van der Waals surface area contributed by atoms with Gasteiger partial charge in [-0.3, -0.25) is 4.98 Å². The molecular weight excluding hydrogens is 266 g/mol. The number of pyridine rings is 1. The van der Waals surface area contributed by atoms with Gasteiger partial charge in [0, 0.05) is 28.2 Å². The van der Waals surface area contributed by atoms with Crippen LogP contribution < -0.4 is 4.74 Å². The molecule has 0 bridgehead atoms. The van der Waals surface area contributed by atoms with Gasteiger partial charge in [-0.1, -0.05) is 6.92 Å². The molecule has 2 heterocycles. The predicted octanol–water partition coefficient (Wildman–Crippen LogP) is 2.75. The van der Waals surface area contributed by atoms with Crippen LogP contribution in [0.15, 0.2) is 18.3 Å². The van der Waals surface area contributed by atoms with Crippen molar-refractivity contribution >= 4 is 23.5 Å². The van der Waals surface area contributed by atoms with Crippen LogP contribution in [0, 0.1) is 0 Å². The van der Waals surface area contributed by atoms with Crippen LogP contribution in [-0.2, 0) is 0 Å². The number of hydrogen-bond acceptors (Lipinski definition) is 5. The zero-order valence-corrected chi connectivity index (χ0v) is 12.3. The number of methoxy groups -OCH3 is 1. The van der Waals surface area contributed by atoms with Crippen LogP contribution in [0.3, 0.4) is 0 Å². The van der Waals surface area contributed by atoms with Gasteiger partial charge < -0.3 is 9.84 Å². The molecule has 3 nitrogen and oxygen atoms in total. The molecule has 100 valence electrons. The summed E-state index contributed by atoms with van der Waals surface area (Å²) >= 11 is 3.81. The zero-order chi connectivity index (χ0) is 13.0. The minimum atomic E-state index is -0.552. The lowest BCUT2D eigenvalue weighted by Gasteiger charge is -2.33. The molecule has 1 fully saturated rings. The topological polar surface area (TPSA) is 42.4 Å². The zero-order valence-electron chi connectivity index (χ0n) is 10.7. The second-order valence-corrected chi connectivity index (χ2v) is 6.82. The molecule has 1 saturated heterocycles. The summed E-state index contributed by atoms with van der Waals surface area (Å²) in [6.45, 7) is 2.18. The van der Waals surface area contributed by atoms with Crippen molar-refractivity contribution in [1.82, 2.24) is 4.98 Å². The van der Waals surface area contributed by atoms with Crippen molar-refractivity contribution in [1.29, 1.82) is 0 Å². The number of hydrogen-bond donors (Lipinski definition) is 1. The third-order valence-electron chi connectivity index (χ3n) is 3.11. The number of aliphatic hydroxyl groups excluding tert-OH is 1. The first-order chi connectivity index (χ1) is 8.77. The molecule has 0 saturated carbocycles. The summed E-state index contributed by atoms with van der Waals surface area (Å²) in [6.07, 6.45) is 2.24. The Morgan fingerprint density at radius 2 is 2.28 bits per heavy atom. The highest BCUT2D eigenvalue weighted by atomic mass is 32.2. The van der Waals surface area contributed by atoms with Crippen LogP contribution in [0.2, 0.25) is 0 Å². The average Bonchev–Trinajstić information content (AvgIpc) is 2.46. The highest BCUT2D eigenvalue weighted by molar-refractivity contribution is 8.07. The number of rotatable bonds is 4. The fraction of sp³-hybridized carbons (Fsp3) is 0.615. The highest BCUT2D eigenvalue weighted by Gasteiger charge is 2.33. The first kappa shape index (κ1) is 14.0. The van der Waals surface area contributed by atoms with E-state index in [1.165, 1.54) is 5.75 Å². The lowest BCUT2D eigenvalue weighted by atomic mass is 10.1. The van der Waals surface area contributed by atoms with Crippen LogP contribution in [-0.4, -0.2) is 39.2 Å². The molecule has 1 aliphatic heterocycles. The second kappa shape index (κ2) is 6.68. The van der Waals surface area contributed by atoms with Crippen molar-refractivity contribution in [2.24, 2.45) is 0 Å². The van der Waals surface area contributed by atoms with E-state index in [1.807, 2.05) is 35.7 Å². The Morgan fingerprint density at radius 3 is 3.00 bits per heavy atom. The Bertz CT molecular complexity index is 389. The summed E-state index contributed by atoms with van der Waals surface area (Å²) in [6, 6.07) is 3.68. The number of ether oxygens (including phenoxy) is 1. The van der Waals surface area contributed by atoms with Crippen molar-refractivity contribution in [2.75, 3.05) is 18.6 Å². The van der Waals surface area contributed by atoms with Crippen LogP contribution in [0.5, 0.6) is 5.75 Å². The van der Waals surface area contributed by atoms with E-state index in [0.29, 0.717) is 16.7 Å². The van der Waals surface area contributed by atoms with Gasteiger partial charge in [-0.25, -0.2) is 0 Å². The molecule has 1 N–H and O–H groups in total. The SMILES string of the molecule is CCC1SCCSC1C(O)c1ncccc1OC. The van der Waals surface area contributed by atoms with Crippen LogP contribution in [0.1, 0.15) is 25.1 Å². The van der Waals surface area contributed by atoms with Gasteiger partial charge in [0.2, 0.25) is 0 Å². The normalized spacial score (nSPS) is 25.7. The second-order valence-electron chi connectivity index (χ2n) is 4.19. The summed E-state index contributed by atoms with van der Waals surface area (Å²) < 4.78 is 5.29. The molecule has 0 amide bonds. The molecule has 0 radical (unpaired) electrons. The monoisotopic (exact) mass is 285 g/mol. The minimum absolute atomic E-state index is 0.206. The quantitative estimate of drug-likeness (QED) is 0.921. The summed E-state index contributed by atoms with van der Waals surface area (Å²) in [4.78, 5) is 4.30. The van der Waals surface area contributed by atoms with Crippen molar-refractivity contribution < 1.29 is 9.84 Å². The largest absolute Gasteiger partial charge is 0.495 e. The Morgan fingerprint density at radius 1 is 1.50 bits per heavy atom. The van der Waals surface area contributed by atoms with E-state index in [9.17, 15) is 5.11 Å². The lowest BCUT2D eigenvalue weighted by Crippen LogP contribution is -2.31. The van der Waals surface area contributed by atoms with Gasteiger partial charge >= 0.3 is 0 Å². The smallest absolute Gasteiger partial charge is 0.143 e. The summed E-state index contributed by atoms with van der Waals surface area (Å²) in [5, 5.41) is 11.3. The van der Waals surface area contributed by atoms with Gasteiger partial charge in [0.05, 0.1) is 7.11 Å². The van der Waals surface area contributed by atoms with Gasteiger partial charge in [0.25, 0.3) is 0 Å². The van der Waals surface area contributed by atoms with E-state index in [0.717, 1.165) is 12.2 Å². The summed E-state index contributed by atoms with van der Waals surface area (Å²) in [5.74, 6) is 2.94. The number of aliphatic hydroxyl groups is 1. The Labute approximate surface area is 117 Å². The summed E-state index contributed by atoms with van der Waals surface area (Å²) in [7, 11) is 1.62. The van der Waals surface area contributed by atoms with Gasteiger partial charge in [-0.2, -0.15) is 23.5 Å². The first-order valence-corrected chi connectivity index (χ1v) is 8.27. The Hall–Kier alpha value is -0.390. The Balaban J connectivity index is 2.20. The molecule has 5 heteroatoms. The van der Waals surface area contributed by atoms with E-state index in [1.54, 1.807) is 13.3 Å². The molecule has 18 heavy (non-hydrogen) atoms. The molecule has 2 rings (SSSR count). The lowest BCUT2D eigenvalue weighted by molar-refractivity contribution is 0.163. The van der Waals surface area contributed by atoms with E-state index in [-0.39, 0.29) is 5.25 Å². The average molecular weight is 285 g/mol. The van der Waals surface area contributed by atoms with Crippen LogP contribution in [0.25, 0.3) is 0 Å². The maximum absolute atomic E-state index is 10.6. The van der Waals surface area contributed by atoms with E-state index in [4.69, 9.17) is 4.74 Å². The van der Waals surface area contributed by atoms with Gasteiger partial charge in [-0.15, -0.1) is 0 Å². The molecular formula is C13H19NO2S2. The maximum atomic E-state index is 10.6. The molecule has 3 atom stereocenters. The summed E-state index contributed by atoms with van der Waals surface area (Å²) in [5.41, 5.74) is 0.665. The fourth-order valence-electron chi connectivity index (χ4n) is 2.18. The first-order valence-electron chi connectivity index (χ1n) is 6.18. The molecule has 0 aromatic carbocycles. The van der Waals surface area contributed by atoms with Gasteiger partial charge in [0.15, 0.2) is 0 Å². The predicted molar refractivity (Wildman–Crippen MR) is 78.5 cm³/mol. The molecule has 1 aromatic rings.